The molecule has 0 aliphatic heterocycles. The molecule has 0 heterocycles. The van der Waals surface area contributed by atoms with Gasteiger partial charge in [-0.2, -0.15) is 8.78 Å². The summed E-state index contributed by atoms with van der Waals surface area (Å²) < 4.78 is 33.3. The van der Waals surface area contributed by atoms with Crippen LogP contribution in [0.15, 0.2) is 23.8 Å². The van der Waals surface area contributed by atoms with E-state index in [1.807, 2.05) is 0 Å². The first-order valence-corrected chi connectivity index (χ1v) is 4.98. The lowest BCUT2D eigenvalue weighted by Crippen LogP contribution is -2.03. The van der Waals surface area contributed by atoms with E-state index in [-0.39, 0.29) is 17.1 Å². The molecule has 0 aliphatic carbocycles. The number of hydrogen-bond acceptors (Lipinski definition) is 3. The third-order valence-electron chi connectivity index (χ3n) is 2.12. The summed E-state index contributed by atoms with van der Waals surface area (Å²) in [5.41, 5.74) is 0.646. The van der Waals surface area contributed by atoms with Crippen molar-refractivity contribution < 1.29 is 28.2 Å². The highest BCUT2D eigenvalue weighted by atomic mass is 19.3. The average Bonchev–Trinajstić information content (AvgIpc) is 2.30. The molecular formula is C12H12F2O4. The highest BCUT2D eigenvalue weighted by Gasteiger charge is 2.11. The Morgan fingerprint density at radius 1 is 1.39 bits per heavy atom. The number of halogens is 2. The second-order valence-corrected chi connectivity index (χ2v) is 3.42. The number of hydrogen-bond donors (Lipinski definition) is 1. The van der Waals surface area contributed by atoms with Gasteiger partial charge in [0.1, 0.15) is 0 Å². The van der Waals surface area contributed by atoms with Gasteiger partial charge in [-0.3, -0.25) is 0 Å². The zero-order valence-electron chi connectivity index (χ0n) is 9.81. The van der Waals surface area contributed by atoms with Crippen molar-refractivity contribution in [3.8, 4) is 11.5 Å². The van der Waals surface area contributed by atoms with Gasteiger partial charge in [-0.1, -0.05) is 6.07 Å². The minimum absolute atomic E-state index is 0.0994. The van der Waals surface area contributed by atoms with Gasteiger partial charge in [0.15, 0.2) is 11.5 Å². The molecule has 0 aromatic heterocycles. The Morgan fingerprint density at radius 2 is 2.06 bits per heavy atom. The molecule has 1 rings (SSSR count). The van der Waals surface area contributed by atoms with Crippen LogP contribution in [-0.2, 0) is 4.79 Å². The van der Waals surface area contributed by atoms with E-state index in [1.54, 1.807) is 0 Å². The number of rotatable bonds is 5. The smallest absolute Gasteiger partial charge is 0.387 e. The summed E-state index contributed by atoms with van der Waals surface area (Å²) in [4.78, 5) is 10.6. The van der Waals surface area contributed by atoms with Crippen molar-refractivity contribution in [3.05, 3.63) is 29.3 Å². The summed E-state index contributed by atoms with van der Waals surface area (Å²) in [7, 11) is 1.31. The van der Waals surface area contributed by atoms with Crippen LogP contribution in [0.1, 0.15) is 12.5 Å². The Morgan fingerprint density at radius 3 is 2.56 bits per heavy atom. The highest BCUT2D eigenvalue weighted by molar-refractivity contribution is 5.91. The van der Waals surface area contributed by atoms with Crippen LogP contribution >= 0.6 is 0 Å². The third-order valence-corrected chi connectivity index (χ3v) is 2.12. The van der Waals surface area contributed by atoms with Crippen molar-refractivity contribution in [1.29, 1.82) is 0 Å². The molecule has 1 aromatic carbocycles. The first-order chi connectivity index (χ1) is 8.43. The van der Waals surface area contributed by atoms with Gasteiger partial charge < -0.3 is 14.6 Å². The Labute approximate surface area is 102 Å². The quantitative estimate of drug-likeness (QED) is 0.825. The first kappa shape index (κ1) is 14.0. The SMILES string of the molecule is COc1cc(C=C(C)C(=O)O)ccc1OC(F)F. The second-order valence-electron chi connectivity index (χ2n) is 3.42. The van der Waals surface area contributed by atoms with Crippen LogP contribution in [0.3, 0.4) is 0 Å². The lowest BCUT2D eigenvalue weighted by Gasteiger charge is -2.10. The largest absolute Gasteiger partial charge is 0.493 e. The molecule has 0 fully saturated rings. The van der Waals surface area contributed by atoms with Crippen molar-refractivity contribution in [2.24, 2.45) is 0 Å². The molecule has 98 valence electrons. The van der Waals surface area contributed by atoms with E-state index in [9.17, 15) is 13.6 Å². The maximum atomic E-state index is 12.1. The number of methoxy groups -OCH3 is 1. The fourth-order valence-electron chi connectivity index (χ4n) is 1.28. The van der Waals surface area contributed by atoms with Gasteiger partial charge in [-0.25, -0.2) is 4.79 Å². The predicted octanol–water partition coefficient (Wildman–Crippen LogP) is 2.78. The van der Waals surface area contributed by atoms with Gasteiger partial charge in [0.2, 0.25) is 0 Å². The fourth-order valence-corrected chi connectivity index (χ4v) is 1.28. The van der Waals surface area contributed by atoms with Crippen LogP contribution in [0.5, 0.6) is 11.5 Å². The molecule has 18 heavy (non-hydrogen) atoms. The summed E-state index contributed by atoms with van der Waals surface area (Å²) in [5.74, 6) is -1.04. The number of carboxylic acids is 1. The Hall–Kier alpha value is -2.11. The first-order valence-electron chi connectivity index (χ1n) is 4.98. The molecule has 0 atom stereocenters. The van der Waals surface area contributed by atoms with E-state index < -0.39 is 12.6 Å². The molecule has 6 heteroatoms. The highest BCUT2D eigenvalue weighted by Crippen LogP contribution is 2.30. The fraction of sp³-hybridized carbons (Fsp3) is 0.250. The minimum Gasteiger partial charge on any atom is -0.493 e. The molecule has 0 radical (unpaired) electrons. The number of alkyl halides is 2. The molecular weight excluding hydrogens is 246 g/mol. The third kappa shape index (κ3) is 3.73. The standard InChI is InChI=1S/C12H12F2O4/c1-7(11(15)16)5-8-3-4-9(18-12(13)14)10(6-8)17-2/h3-6,12H,1-2H3,(H,15,16). The van der Waals surface area contributed by atoms with Crippen molar-refractivity contribution in [1.82, 2.24) is 0 Å². The van der Waals surface area contributed by atoms with Crippen LogP contribution in [0, 0.1) is 0 Å². The summed E-state index contributed by atoms with van der Waals surface area (Å²) in [5, 5.41) is 8.72. The van der Waals surface area contributed by atoms with Gasteiger partial charge >= 0.3 is 12.6 Å². The molecule has 0 saturated heterocycles. The topological polar surface area (TPSA) is 55.8 Å². The Balaban J connectivity index is 3.05. The number of ether oxygens (including phenoxy) is 2. The Kier molecular flexibility index (Phi) is 4.65. The summed E-state index contributed by atoms with van der Waals surface area (Å²) >= 11 is 0. The molecule has 0 saturated carbocycles. The molecule has 0 amide bonds. The van der Waals surface area contributed by atoms with E-state index >= 15 is 0 Å². The molecule has 0 bridgehead atoms. The van der Waals surface area contributed by atoms with Crippen molar-refractivity contribution in [2.45, 2.75) is 13.5 Å². The normalized spacial score (nSPS) is 11.5. The molecule has 1 aromatic rings. The van der Waals surface area contributed by atoms with Gasteiger partial charge in [-0.15, -0.1) is 0 Å². The van der Waals surface area contributed by atoms with Crippen LogP contribution in [0.2, 0.25) is 0 Å². The van der Waals surface area contributed by atoms with Gasteiger partial charge in [0, 0.05) is 5.57 Å². The second kappa shape index (κ2) is 6.00. The van der Waals surface area contributed by atoms with Gasteiger partial charge in [0.25, 0.3) is 0 Å². The van der Waals surface area contributed by atoms with Crippen LogP contribution in [0.25, 0.3) is 6.08 Å². The number of aliphatic carboxylic acids is 1. The van der Waals surface area contributed by atoms with E-state index in [0.29, 0.717) is 5.56 Å². The maximum absolute atomic E-state index is 12.1. The predicted molar refractivity (Wildman–Crippen MR) is 60.9 cm³/mol. The van der Waals surface area contributed by atoms with Crippen LogP contribution in [-0.4, -0.2) is 24.8 Å². The Bertz CT molecular complexity index is 469. The molecule has 1 N–H and O–H groups in total. The van der Waals surface area contributed by atoms with E-state index in [2.05, 4.69) is 4.74 Å². The van der Waals surface area contributed by atoms with Gasteiger partial charge in [-0.05, 0) is 30.7 Å². The number of carbonyl (C=O) groups is 1. The van der Waals surface area contributed by atoms with E-state index in [0.717, 1.165) is 0 Å². The number of benzene rings is 1. The zero-order chi connectivity index (χ0) is 13.7. The van der Waals surface area contributed by atoms with Crippen molar-refractivity contribution in [3.63, 3.8) is 0 Å². The van der Waals surface area contributed by atoms with Gasteiger partial charge in [0.05, 0.1) is 7.11 Å². The lowest BCUT2D eigenvalue weighted by atomic mass is 10.1. The van der Waals surface area contributed by atoms with E-state index in [1.165, 1.54) is 38.3 Å². The number of carboxylic acid groups (broad SMARTS) is 1. The van der Waals surface area contributed by atoms with E-state index in [4.69, 9.17) is 9.84 Å². The van der Waals surface area contributed by atoms with Crippen molar-refractivity contribution >= 4 is 12.0 Å². The van der Waals surface area contributed by atoms with Crippen LogP contribution in [0.4, 0.5) is 8.78 Å². The average molecular weight is 258 g/mol. The van der Waals surface area contributed by atoms with Crippen LogP contribution < -0.4 is 9.47 Å². The van der Waals surface area contributed by atoms with Crippen molar-refractivity contribution in [2.75, 3.05) is 7.11 Å². The molecule has 4 nitrogen and oxygen atoms in total. The molecule has 0 spiro atoms. The summed E-state index contributed by atoms with van der Waals surface area (Å²) in [6, 6.07) is 4.18. The molecule has 0 aliphatic rings. The lowest BCUT2D eigenvalue weighted by molar-refractivity contribution is -0.132. The maximum Gasteiger partial charge on any atom is 0.387 e. The monoisotopic (exact) mass is 258 g/mol. The minimum atomic E-state index is -2.94. The molecule has 0 unspecified atom stereocenters. The zero-order valence-corrected chi connectivity index (χ0v) is 9.81. The summed E-state index contributed by atoms with van der Waals surface area (Å²) in [6.45, 7) is -1.51. The summed E-state index contributed by atoms with van der Waals surface area (Å²) in [6.07, 6.45) is 1.40.